The molecule has 0 aliphatic heterocycles. The monoisotopic (exact) mass is 313 g/mol. The maximum absolute atomic E-state index is 13.7. The van der Waals surface area contributed by atoms with Crippen LogP contribution < -0.4 is 4.72 Å². The quantitative estimate of drug-likeness (QED) is 0.763. The Hall–Kier alpha value is -2.26. The van der Waals surface area contributed by atoms with E-state index in [9.17, 15) is 17.6 Å². The summed E-state index contributed by atoms with van der Waals surface area (Å²) >= 11 is 0. The van der Waals surface area contributed by atoms with E-state index >= 15 is 0 Å². The minimum absolute atomic E-state index is 0.0445. The summed E-state index contributed by atoms with van der Waals surface area (Å²) in [6.45, 7) is 1.23. The molecule has 2 rings (SSSR count). The molecular formula is C12H12FN3O4S. The number of hydrogen-bond donors (Lipinski definition) is 3. The van der Waals surface area contributed by atoms with Gasteiger partial charge >= 0.3 is 5.97 Å². The van der Waals surface area contributed by atoms with Crippen LogP contribution in [0.2, 0.25) is 0 Å². The number of hydrogen-bond acceptors (Lipinski definition) is 4. The van der Waals surface area contributed by atoms with E-state index in [2.05, 4.69) is 14.9 Å². The van der Waals surface area contributed by atoms with Gasteiger partial charge in [0.15, 0.2) is 0 Å². The number of carbonyl (C=O) groups is 1. The summed E-state index contributed by atoms with van der Waals surface area (Å²) in [5.74, 6) is -2.29. The molecular weight excluding hydrogens is 301 g/mol. The molecule has 1 aromatic heterocycles. The fraction of sp³-hybridized carbons (Fsp3) is 0.167. The zero-order valence-corrected chi connectivity index (χ0v) is 11.7. The van der Waals surface area contributed by atoms with Gasteiger partial charge in [-0.2, -0.15) is 5.10 Å². The minimum Gasteiger partial charge on any atom is -0.478 e. The van der Waals surface area contributed by atoms with E-state index in [1.807, 2.05) is 0 Å². The van der Waals surface area contributed by atoms with Crippen LogP contribution in [0.15, 0.2) is 29.4 Å². The van der Waals surface area contributed by atoms with Gasteiger partial charge in [-0.15, -0.1) is 0 Å². The molecule has 0 radical (unpaired) electrons. The standard InChI is InChI=1S/C12H12FN3O4S/c1-7-10(13)2-9(12(17)18)3-11(7)21(19,20)16-6-8-4-14-15-5-8/h2-5,16H,6H2,1H3,(H,14,15)(H,17,18). The van der Waals surface area contributed by atoms with Crippen molar-refractivity contribution in [1.29, 1.82) is 0 Å². The van der Waals surface area contributed by atoms with Crippen molar-refractivity contribution in [2.45, 2.75) is 18.4 Å². The average Bonchev–Trinajstić information content (AvgIpc) is 2.92. The Balaban J connectivity index is 2.37. The molecule has 0 unspecified atom stereocenters. The number of benzene rings is 1. The van der Waals surface area contributed by atoms with Gasteiger partial charge < -0.3 is 5.11 Å². The molecule has 0 saturated carbocycles. The van der Waals surface area contributed by atoms with E-state index in [0.29, 0.717) is 5.56 Å². The van der Waals surface area contributed by atoms with E-state index in [-0.39, 0.29) is 12.1 Å². The first-order valence-corrected chi connectivity index (χ1v) is 7.30. The van der Waals surface area contributed by atoms with Gasteiger partial charge in [-0.3, -0.25) is 5.10 Å². The van der Waals surface area contributed by atoms with Crippen LogP contribution in [0, 0.1) is 12.7 Å². The Labute approximate surface area is 119 Å². The molecule has 0 fully saturated rings. The van der Waals surface area contributed by atoms with Crippen molar-refractivity contribution in [2.24, 2.45) is 0 Å². The second kappa shape index (κ2) is 5.62. The van der Waals surface area contributed by atoms with Gasteiger partial charge in [-0.05, 0) is 19.1 Å². The number of H-pyrrole nitrogens is 1. The molecule has 0 spiro atoms. The molecule has 7 nitrogen and oxygen atoms in total. The smallest absolute Gasteiger partial charge is 0.335 e. The molecule has 3 N–H and O–H groups in total. The van der Waals surface area contributed by atoms with E-state index in [1.165, 1.54) is 19.3 Å². The van der Waals surface area contributed by atoms with Gasteiger partial charge in [0.05, 0.1) is 16.7 Å². The van der Waals surface area contributed by atoms with Gasteiger partial charge in [0.1, 0.15) is 5.82 Å². The third kappa shape index (κ3) is 3.26. The second-order valence-corrected chi connectivity index (χ2v) is 6.05. The average molecular weight is 313 g/mol. The predicted octanol–water partition coefficient (Wildman–Crippen LogP) is 1.03. The Morgan fingerprint density at radius 2 is 2.19 bits per heavy atom. The lowest BCUT2D eigenvalue weighted by Crippen LogP contribution is -2.24. The lowest BCUT2D eigenvalue weighted by Gasteiger charge is -2.10. The molecule has 21 heavy (non-hydrogen) atoms. The first-order valence-electron chi connectivity index (χ1n) is 5.82. The largest absolute Gasteiger partial charge is 0.478 e. The fourth-order valence-electron chi connectivity index (χ4n) is 1.69. The normalized spacial score (nSPS) is 11.5. The van der Waals surface area contributed by atoms with Gasteiger partial charge in [0.25, 0.3) is 0 Å². The molecule has 9 heteroatoms. The number of nitrogens with one attached hydrogen (secondary N) is 2. The summed E-state index contributed by atoms with van der Waals surface area (Å²) in [6.07, 6.45) is 2.94. The van der Waals surface area contributed by atoms with Crippen molar-refractivity contribution in [1.82, 2.24) is 14.9 Å². The number of rotatable bonds is 5. The third-order valence-electron chi connectivity index (χ3n) is 2.85. The fourth-order valence-corrected chi connectivity index (χ4v) is 2.98. The Morgan fingerprint density at radius 1 is 1.48 bits per heavy atom. The van der Waals surface area contributed by atoms with E-state index in [0.717, 1.165) is 12.1 Å². The molecule has 1 aromatic carbocycles. The summed E-state index contributed by atoms with van der Waals surface area (Å²) in [5.41, 5.74) is 0.0209. The first kappa shape index (κ1) is 15.1. The topological polar surface area (TPSA) is 112 Å². The van der Waals surface area contributed by atoms with E-state index in [1.54, 1.807) is 0 Å². The lowest BCUT2D eigenvalue weighted by atomic mass is 10.1. The molecule has 1 heterocycles. The number of carboxylic acid groups (broad SMARTS) is 1. The van der Waals surface area contributed by atoms with Crippen LogP contribution in [0.4, 0.5) is 4.39 Å². The summed E-state index contributed by atoms with van der Waals surface area (Å²) in [6, 6.07) is 1.71. The van der Waals surface area contributed by atoms with Crippen LogP contribution in [0.1, 0.15) is 21.5 Å². The van der Waals surface area contributed by atoms with Gasteiger partial charge in [-0.1, -0.05) is 0 Å². The molecule has 2 aromatic rings. The highest BCUT2D eigenvalue weighted by molar-refractivity contribution is 7.89. The van der Waals surface area contributed by atoms with Crippen LogP contribution in [0.3, 0.4) is 0 Å². The molecule has 0 aliphatic rings. The maximum Gasteiger partial charge on any atom is 0.335 e. The highest BCUT2D eigenvalue weighted by atomic mass is 32.2. The predicted molar refractivity (Wildman–Crippen MR) is 70.7 cm³/mol. The molecule has 0 aliphatic carbocycles. The number of sulfonamides is 1. The van der Waals surface area contributed by atoms with Crippen molar-refractivity contribution < 1.29 is 22.7 Å². The summed E-state index contributed by atoms with van der Waals surface area (Å²) in [4.78, 5) is 10.5. The van der Waals surface area contributed by atoms with Gasteiger partial charge in [0.2, 0.25) is 10.0 Å². The molecule has 0 atom stereocenters. The Morgan fingerprint density at radius 3 is 2.76 bits per heavy atom. The SMILES string of the molecule is Cc1c(F)cc(C(=O)O)cc1S(=O)(=O)NCc1cn[nH]c1. The van der Waals surface area contributed by atoms with Crippen LogP contribution in [0.5, 0.6) is 0 Å². The number of nitrogens with zero attached hydrogens (tertiary/aromatic N) is 1. The molecule has 112 valence electrons. The maximum atomic E-state index is 13.7. The zero-order valence-electron chi connectivity index (χ0n) is 10.9. The van der Waals surface area contributed by atoms with Crippen LogP contribution in [0.25, 0.3) is 0 Å². The van der Waals surface area contributed by atoms with Crippen LogP contribution >= 0.6 is 0 Å². The van der Waals surface area contributed by atoms with Crippen LogP contribution in [-0.4, -0.2) is 29.7 Å². The van der Waals surface area contributed by atoms with E-state index < -0.39 is 32.3 Å². The minimum atomic E-state index is -4.04. The highest BCUT2D eigenvalue weighted by Crippen LogP contribution is 2.21. The van der Waals surface area contributed by atoms with Crippen molar-refractivity contribution >= 4 is 16.0 Å². The van der Waals surface area contributed by atoms with Crippen molar-refractivity contribution in [2.75, 3.05) is 0 Å². The zero-order chi connectivity index (χ0) is 15.6. The van der Waals surface area contributed by atoms with Crippen molar-refractivity contribution in [3.63, 3.8) is 0 Å². The summed E-state index contributed by atoms with van der Waals surface area (Å²) in [7, 11) is -4.04. The highest BCUT2D eigenvalue weighted by Gasteiger charge is 2.21. The molecule has 0 amide bonds. The number of halogens is 1. The van der Waals surface area contributed by atoms with Crippen LogP contribution in [-0.2, 0) is 16.6 Å². The van der Waals surface area contributed by atoms with E-state index in [4.69, 9.17) is 5.11 Å². The lowest BCUT2D eigenvalue weighted by molar-refractivity contribution is 0.0696. The number of aromatic nitrogens is 2. The van der Waals surface area contributed by atoms with Crippen molar-refractivity contribution in [3.8, 4) is 0 Å². The van der Waals surface area contributed by atoms with Crippen molar-refractivity contribution in [3.05, 3.63) is 47.0 Å². The second-order valence-electron chi connectivity index (χ2n) is 4.32. The first-order chi connectivity index (χ1) is 9.81. The van der Waals surface area contributed by atoms with Gasteiger partial charge in [-0.25, -0.2) is 22.3 Å². The number of aromatic amines is 1. The third-order valence-corrected chi connectivity index (χ3v) is 4.38. The molecule has 0 bridgehead atoms. The Bertz CT molecular complexity index is 772. The summed E-state index contributed by atoms with van der Waals surface area (Å²) in [5, 5.41) is 15.1. The molecule has 0 saturated heterocycles. The number of aromatic carboxylic acids is 1. The summed E-state index contributed by atoms with van der Waals surface area (Å²) < 4.78 is 40.3. The number of carboxylic acids is 1. The van der Waals surface area contributed by atoms with Gasteiger partial charge in [0, 0.05) is 23.9 Å². The Kier molecular flexibility index (Phi) is 4.05.